The molecule has 0 fully saturated rings. The summed E-state index contributed by atoms with van der Waals surface area (Å²) in [4.78, 5) is 10.8. The summed E-state index contributed by atoms with van der Waals surface area (Å²) < 4.78 is 5.61. The molecule has 1 aromatic carbocycles. The Balaban J connectivity index is 2.53. The normalized spacial score (nSPS) is 11.3. The zero-order valence-electron chi connectivity index (χ0n) is 8.78. The van der Waals surface area contributed by atoms with E-state index in [0.717, 1.165) is 22.3 Å². The lowest BCUT2D eigenvalue weighted by Crippen LogP contribution is -1.79. The third kappa shape index (κ3) is 1.84. The second-order valence-electron chi connectivity index (χ2n) is 3.53. The Kier molecular flexibility index (Phi) is 2.42. The van der Waals surface area contributed by atoms with Gasteiger partial charge in [-0.2, -0.15) is 0 Å². The number of ketones is 1. The van der Waals surface area contributed by atoms with Crippen molar-refractivity contribution in [2.75, 3.05) is 0 Å². The first kappa shape index (κ1) is 9.71. The van der Waals surface area contributed by atoms with Crippen molar-refractivity contribution in [1.29, 1.82) is 0 Å². The van der Waals surface area contributed by atoms with E-state index < -0.39 is 0 Å². The van der Waals surface area contributed by atoms with Gasteiger partial charge in [-0.1, -0.05) is 18.2 Å². The molecule has 0 atom stereocenters. The van der Waals surface area contributed by atoms with Gasteiger partial charge in [0.15, 0.2) is 5.78 Å². The Bertz CT molecular complexity index is 532. The molecule has 0 spiro atoms. The number of hydrogen-bond donors (Lipinski definition) is 0. The Morgan fingerprint density at radius 1 is 1.33 bits per heavy atom. The van der Waals surface area contributed by atoms with E-state index in [4.69, 9.17) is 4.42 Å². The molecule has 15 heavy (non-hydrogen) atoms. The van der Waals surface area contributed by atoms with E-state index in [1.165, 1.54) is 13.0 Å². The third-order valence-electron chi connectivity index (χ3n) is 2.35. The van der Waals surface area contributed by atoms with E-state index in [-0.39, 0.29) is 5.78 Å². The summed E-state index contributed by atoms with van der Waals surface area (Å²) in [7, 11) is 0. The molecule has 2 nitrogen and oxygen atoms in total. The lowest BCUT2D eigenvalue weighted by atomic mass is 10.1. The maximum absolute atomic E-state index is 10.8. The maximum atomic E-state index is 10.8. The fraction of sp³-hybridized carbons (Fsp3) is 0.154. The molecule has 1 heterocycles. The molecular formula is C13H12O2. The fourth-order valence-electron chi connectivity index (χ4n) is 1.55. The van der Waals surface area contributed by atoms with Crippen LogP contribution in [0.5, 0.6) is 0 Å². The Labute approximate surface area is 88.2 Å². The van der Waals surface area contributed by atoms with Gasteiger partial charge in [0.25, 0.3) is 0 Å². The minimum absolute atomic E-state index is 0.0230. The van der Waals surface area contributed by atoms with Crippen LogP contribution in [0.4, 0.5) is 0 Å². The highest BCUT2D eigenvalue weighted by atomic mass is 16.3. The molecular weight excluding hydrogens is 188 g/mol. The van der Waals surface area contributed by atoms with Gasteiger partial charge in [0.05, 0.1) is 0 Å². The topological polar surface area (TPSA) is 30.2 Å². The van der Waals surface area contributed by atoms with Gasteiger partial charge in [-0.3, -0.25) is 4.79 Å². The third-order valence-corrected chi connectivity index (χ3v) is 2.35. The molecule has 0 saturated carbocycles. The standard InChI is InChI=1S/C13H12O2/c1-9(14)7-8-12-10(2)11-5-3-4-6-13(11)15-12/h3-8H,1-2H3/b8-7+. The number of hydrogen-bond acceptors (Lipinski definition) is 2. The van der Waals surface area contributed by atoms with Crippen molar-refractivity contribution in [1.82, 2.24) is 0 Å². The number of allylic oxidation sites excluding steroid dienone is 1. The first-order chi connectivity index (χ1) is 7.18. The molecule has 2 heteroatoms. The van der Waals surface area contributed by atoms with E-state index in [0.29, 0.717) is 0 Å². The molecule has 0 radical (unpaired) electrons. The number of para-hydroxylation sites is 1. The van der Waals surface area contributed by atoms with Crippen LogP contribution in [0.25, 0.3) is 17.0 Å². The summed E-state index contributed by atoms with van der Waals surface area (Å²) in [5, 5.41) is 1.10. The summed E-state index contributed by atoms with van der Waals surface area (Å²) >= 11 is 0. The molecule has 1 aromatic heterocycles. The van der Waals surface area contributed by atoms with Crippen LogP contribution >= 0.6 is 0 Å². The summed E-state index contributed by atoms with van der Waals surface area (Å²) in [6.07, 6.45) is 3.24. The molecule has 2 rings (SSSR count). The number of rotatable bonds is 2. The first-order valence-corrected chi connectivity index (χ1v) is 4.85. The predicted molar refractivity (Wildman–Crippen MR) is 60.7 cm³/mol. The van der Waals surface area contributed by atoms with Crippen LogP contribution in [0.1, 0.15) is 18.2 Å². The van der Waals surface area contributed by atoms with Crippen molar-refractivity contribution < 1.29 is 9.21 Å². The van der Waals surface area contributed by atoms with E-state index in [2.05, 4.69) is 0 Å². The first-order valence-electron chi connectivity index (χ1n) is 4.85. The maximum Gasteiger partial charge on any atom is 0.152 e. The highest BCUT2D eigenvalue weighted by molar-refractivity contribution is 5.92. The Hall–Kier alpha value is -1.83. The number of aryl methyl sites for hydroxylation is 1. The number of carbonyl (C=O) groups excluding carboxylic acids is 1. The average Bonchev–Trinajstić information content (AvgIpc) is 2.54. The van der Waals surface area contributed by atoms with Gasteiger partial charge in [0.1, 0.15) is 11.3 Å². The van der Waals surface area contributed by atoms with Gasteiger partial charge in [0.2, 0.25) is 0 Å². The average molecular weight is 200 g/mol. The van der Waals surface area contributed by atoms with E-state index in [1.807, 2.05) is 31.2 Å². The van der Waals surface area contributed by atoms with Gasteiger partial charge in [0, 0.05) is 10.9 Å². The number of furan rings is 1. The van der Waals surface area contributed by atoms with Gasteiger partial charge < -0.3 is 4.42 Å². The van der Waals surface area contributed by atoms with Crippen LogP contribution < -0.4 is 0 Å². The van der Waals surface area contributed by atoms with Crippen LogP contribution in [0.3, 0.4) is 0 Å². The lowest BCUT2D eigenvalue weighted by molar-refractivity contribution is -0.112. The minimum atomic E-state index is 0.0230. The summed E-state index contributed by atoms with van der Waals surface area (Å²) in [6, 6.07) is 7.85. The summed E-state index contributed by atoms with van der Waals surface area (Å²) in [6.45, 7) is 3.51. The number of benzene rings is 1. The van der Waals surface area contributed by atoms with Gasteiger partial charge in [-0.15, -0.1) is 0 Å². The zero-order chi connectivity index (χ0) is 10.8. The van der Waals surface area contributed by atoms with Crippen molar-refractivity contribution in [2.45, 2.75) is 13.8 Å². The molecule has 0 aliphatic rings. The monoisotopic (exact) mass is 200 g/mol. The molecule has 0 saturated heterocycles. The number of carbonyl (C=O) groups is 1. The molecule has 0 unspecified atom stereocenters. The molecule has 0 amide bonds. The minimum Gasteiger partial charge on any atom is -0.456 e. The van der Waals surface area contributed by atoms with Crippen LogP contribution in [0, 0.1) is 6.92 Å². The van der Waals surface area contributed by atoms with E-state index in [9.17, 15) is 4.79 Å². The summed E-state index contributed by atoms with van der Waals surface area (Å²) in [5.41, 5.74) is 1.93. The second kappa shape index (κ2) is 3.73. The smallest absolute Gasteiger partial charge is 0.152 e. The van der Waals surface area contributed by atoms with Gasteiger partial charge in [-0.25, -0.2) is 0 Å². The van der Waals surface area contributed by atoms with Crippen molar-refractivity contribution in [3.63, 3.8) is 0 Å². The fourth-order valence-corrected chi connectivity index (χ4v) is 1.55. The molecule has 0 N–H and O–H groups in total. The molecule has 0 bridgehead atoms. The SMILES string of the molecule is CC(=O)/C=C/c1oc2ccccc2c1C. The molecule has 76 valence electrons. The van der Waals surface area contributed by atoms with Gasteiger partial charge in [-0.05, 0) is 32.1 Å². The predicted octanol–water partition coefficient (Wildman–Crippen LogP) is 3.34. The Morgan fingerprint density at radius 3 is 2.73 bits per heavy atom. The van der Waals surface area contributed by atoms with Crippen LogP contribution in [0.2, 0.25) is 0 Å². The quantitative estimate of drug-likeness (QED) is 0.696. The molecule has 2 aromatic rings. The van der Waals surface area contributed by atoms with Crippen LogP contribution in [-0.4, -0.2) is 5.78 Å². The van der Waals surface area contributed by atoms with E-state index in [1.54, 1.807) is 6.08 Å². The van der Waals surface area contributed by atoms with E-state index >= 15 is 0 Å². The molecule has 0 aliphatic heterocycles. The summed E-state index contributed by atoms with van der Waals surface area (Å²) in [5.74, 6) is 0.779. The van der Waals surface area contributed by atoms with Crippen molar-refractivity contribution in [3.8, 4) is 0 Å². The van der Waals surface area contributed by atoms with Crippen molar-refractivity contribution in [3.05, 3.63) is 41.7 Å². The highest BCUT2D eigenvalue weighted by Crippen LogP contribution is 2.25. The molecule has 0 aliphatic carbocycles. The zero-order valence-corrected chi connectivity index (χ0v) is 8.78. The van der Waals surface area contributed by atoms with Crippen LogP contribution in [0.15, 0.2) is 34.8 Å². The largest absolute Gasteiger partial charge is 0.456 e. The van der Waals surface area contributed by atoms with Crippen LogP contribution in [-0.2, 0) is 4.79 Å². The second-order valence-corrected chi connectivity index (χ2v) is 3.53. The van der Waals surface area contributed by atoms with Gasteiger partial charge >= 0.3 is 0 Å². The Morgan fingerprint density at radius 2 is 2.07 bits per heavy atom. The van der Waals surface area contributed by atoms with Crippen molar-refractivity contribution >= 4 is 22.8 Å². The number of fused-ring (bicyclic) bond motifs is 1. The highest BCUT2D eigenvalue weighted by Gasteiger charge is 2.06. The lowest BCUT2D eigenvalue weighted by Gasteiger charge is -1.87. The van der Waals surface area contributed by atoms with Crippen molar-refractivity contribution in [2.24, 2.45) is 0 Å².